The number of benzene rings is 1. The standard InChI is InChI=1S/C20H28N2O2/c23-15-17-7-9-18(10-8-17)19(24)21-16-20(11-3-1-4-12-20)22-13-5-2-6-14-22/h7-10,15H,1-6,11-14,16H2,(H,21,24). The zero-order valence-corrected chi connectivity index (χ0v) is 14.4. The van der Waals surface area contributed by atoms with Crippen LogP contribution in [0.5, 0.6) is 0 Å². The normalized spacial score (nSPS) is 21.2. The topological polar surface area (TPSA) is 49.4 Å². The Morgan fingerprint density at radius 2 is 1.62 bits per heavy atom. The Morgan fingerprint density at radius 1 is 1.00 bits per heavy atom. The van der Waals surface area contributed by atoms with Gasteiger partial charge in [-0.3, -0.25) is 14.5 Å². The van der Waals surface area contributed by atoms with Crippen molar-refractivity contribution in [1.82, 2.24) is 10.2 Å². The summed E-state index contributed by atoms with van der Waals surface area (Å²) in [7, 11) is 0. The Labute approximate surface area is 144 Å². The average Bonchev–Trinajstić information content (AvgIpc) is 2.67. The molecule has 0 unspecified atom stereocenters. The maximum atomic E-state index is 12.5. The molecule has 3 rings (SSSR count). The van der Waals surface area contributed by atoms with E-state index in [2.05, 4.69) is 10.2 Å². The van der Waals surface area contributed by atoms with Crippen LogP contribution >= 0.6 is 0 Å². The van der Waals surface area contributed by atoms with Gasteiger partial charge in [-0.05, 0) is 50.9 Å². The molecule has 1 aliphatic heterocycles. The minimum Gasteiger partial charge on any atom is -0.350 e. The molecule has 4 nitrogen and oxygen atoms in total. The third-order valence-electron chi connectivity index (χ3n) is 5.70. The lowest BCUT2D eigenvalue weighted by atomic mass is 9.79. The van der Waals surface area contributed by atoms with Gasteiger partial charge in [-0.2, -0.15) is 0 Å². The minimum atomic E-state index is -0.0330. The lowest BCUT2D eigenvalue weighted by molar-refractivity contribution is 0.0326. The lowest BCUT2D eigenvalue weighted by Gasteiger charge is -2.48. The second-order valence-electron chi connectivity index (χ2n) is 7.26. The summed E-state index contributed by atoms with van der Waals surface area (Å²) >= 11 is 0. The molecule has 1 aromatic rings. The molecule has 1 heterocycles. The maximum Gasteiger partial charge on any atom is 0.251 e. The molecule has 0 radical (unpaired) electrons. The van der Waals surface area contributed by atoms with Gasteiger partial charge < -0.3 is 5.32 Å². The molecule has 130 valence electrons. The number of carbonyl (C=O) groups excluding carboxylic acids is 2. The van der Waals surface area contributed by atoms with E-state index >= 15 is 0 Å². The van der Waals surface area contributed by atoms with E-state index in [1.807, 2.05) is 0 Å². The molecule has 1 saturated heterocycles. The number of aldehydes is 1. The Balaban J connectivity index is 1.65. The maximum absolute atomic E-state index is 12.5. The Kier molecular flexibility index (Phi) is 5.67. The van der Waals surface area contributed by atoms with E-state index in [0.29, 0.717) is 11.1 Å². The molecule has 1 aliphatic carbocycles. The monoisotopic (exact) mass is 328 g/mol. The number of hydrogen-bond donors (Lipinski definition) is 1. The SMILES string of the molecule is O=Cc1ccc(C(=O)NCC2(N3CCCCC3)CCCCC2)cc1. The van der Waals surface area contributed by atoms with Crippen molar-refractivity contribution < 1.29 is 9.59 Å². The number of nitrogens with one attached hydrogen (secondary N) is 1. The van der Waals surface area contributed by atoms with Gasteiger partial charge in [0.05, 0.1) is 0 Å². The molecule has 0 atom stereocenters. The van der Waals surface area contributed by atoms with Crippen LogP contribution in [0.2, 0.25) is 0 Å². The highest BCUT2D eigenvalue weighted by Crippen LogP contribution is 2.35. The molecule has 0 bridgehead atoms. The van der Waals surface area contributed by atoms with Gasteiger partial charge in [-0.1, -0.05) is 37.8 Å². The molecule has 24 heavy (non-hydrogen) atoms. The van der Waals surface area contributed by atoms with Crippen molar-refractivity contribution in [3.05, 3.63) is 35.4 Å². The van der Waals surface area contributed by atoms with E-state index in [9.17, 15) is 9.59 Å². The van der Waals surface area contributed by atoms with Gasteiger partial charge in [0.1, 0.15) is 6.29 Å². The first-order valence-corrected chi connectivity index (χ1v) is 9.32. The molecule has 0 spiro atoms. The van der Waals surface area contributed by atoms with Crippen LogP contribution in [0.4, 0.5) is 0 Å². The first-order chi connectivity index (χ1) is 11.7. The zero-order chi connectivity index (χ0) is 16.8. The Bertz CT molecular complexity index is 556. The highest BCUT2D eigenvalue weighted by atomic mass is 16.1. The molecular weight excluding hydrogens is 300 g/mol. The van der Waals surface area contributed by atoms with E-state index in [0.717, 1.165) is 12.8 Å². The first-order valence-electron chi connectivity index (χ1n) is 9.32. The van der Waals surface area contributed by atoms with Crippen LogP contribution in [0.3, 0.4) is 0 Å². The predicted octanol–water partition coefficient (Wildman–Crippen LogP) is 3.42. The van der Waals surface area contributed by atoms with Crippen LogP contribution in [0.1, 0.15) is 72.1 Å². The quantitative estimate of drug-likeness (QED) is 0.843. The predicted molar refractivity (Wildman–Crippen MR) is 95.4 cm³/mol. The summed E-state index contributed by atoms with van der Waals surface area (Å²) < 4.78 is 0. The van der Waals surface area contributed by atoms with Crippen molar-refractivity contribution in [1.29, 1.82) is 0 Å². The van der Waals surface area contributed by atoms with Gasteiger partial charge in [0, 0.05) is 23.2 Å². The fraction of sp³-hybridized carbons (Fsp3) is 0.600. The van der Waals surface area contributed by atoms with Crippen molar-refractivity contribution >= 4 is 12.2 Å². The summed E-state index contributed by atoms with van der Waals surface area (Å²) in [6.07, 6.45) is 10.9. The molecule has 1 saturated carbocycles. The second kappa shape index (κ2) is 7.93. The van der Waals surface area contributed by atoms with Crippen molar-refractivity contribution in [3.8, 4) is 0 Å². The number of likely N-dealkylation sites (tertiary alicyclic amines) is 1. The van der Waals surface area contributed by atoms with Crippen molar-refractivity contribution in [2.45, 2.75) is 56.9 Å². The third-order valence-corrected chi connectivity index (χ3v) is 5.70. The number of piperidine rings is 1. The minimum absolute atomic E-state index is 0.0330. The van der Waals surface area contributed by atoms with Gasteiger partial charge in [-0.25, -0.2) is 0 Å². The van der Waals surface area contributed by atoms with Gasteiger partial charge in [0.15, 0.2) is 0 Å². The van der Waals surface area contributed by atoms with Crippen LogP contribution in [0, 0.1) is 0 Å². The molecule has 0 aromatic heterocycles. The third kappa shape index (κ3) is 3.86. The molecule has 2 fully saturated rings. The number of nitrogens with zero attached hydrogens (tertiary/aromatic N) is 1. The first kappa shape index (κ1) is 17.2. The van der Waals surface area contributed by atoms with E-state index < -0.39 is 0 Å². The molecule has 4 heteroatoms. The summed E-state index contributed by atoms with van der Waals surface area (Å²) in [5, 5.41) is 3.18. The molecule has 1 aromatic carbocycles. The summed E-state index contributed by atoms with van der Waals surface area (Å²) in [5.74, 6) is -0.0330. The van der Waals surface area contributed by atoms with E-state index in [1.54, 1.807) is 24.3 Å². The largest absolute Gasteiger partial charge is 0.350 e. The lowest BCUT2D eigenvalue weighted by Crippen LogP contribution is -2.58. The fourth-order valence-corrected chi connectivity index (χ4v) is 4.24. The molecular formula is C20H28N2O2. The van der Waals surface area contributed by atoms with E-state index in [1.165, 1.54) is 64.5 Å². The van der Waals surface area contributed by atoms with Crippen LogP contribution < -0.4 is 5.32 Å². The van der Waals surface area contributed by atoms with Crippen LogP contribution in [-0.4, -0.2) is 42.3 Å². The van der Waals surface area contributed by atoms with Crippen molar-refractivity contribution in [3.63, 3.8) is 0 Å². The van der Waals surface area contributed by atoms with Crippen LogP contribution in [-0.2, 0) is 0 Å². The molecule has 2 aliphatic rings. The zero-order valence-electron chi connectivity index (χ0n) is 14.4. The summed E-state index contributed by atoms with van der Waals surface area (Å²) in [6.45, 7) is 3.08. The van der Waals surface area contributed by atoms with Gasteiger partial charge in [0.25, 0.3) is 5.91 Å². The summed E-state index contributed by atoms with van der Waals surface area (Å²) in [5.41, 5.74) is 1.38. The second-order valence-corrected chi connectivity index (χ2v) is 7.26. The highest BCUT2D eigenvalue weighted by Gasteiger charge is 2.38. The summed E-state index contributed by atoms with van der Waals surface area (Å²) in [6, 6.07) is 6.85. The number of amides is 1. The van der Waals surface area contributed by atoms with Gasteiger partial charge >= 0.3 is 0 Å². The highest BCUT2D eigenvalue weighted by molar-refractivity contribution is 5.94. The summed E-state index contributed by atoms with van der Waals surface area (Å²) in [4.78, 5) is 25.9. The molecule has 1 N–H and O–H groups in total. The Morgan fingerprint density at radius 3 is 2.25 bits per heavy atom. The van der Waals surface area contributed by atoms with Crippen LogP contribution in [0.25, 0.3) is 0 Å². The average molecular weight is 328 g/mol. The van der Waals surface area contributed by atoms with Crippen molar-refractivity contribution in [2.75, 3.05) is 19.6 Å². The van der Waals surface area contributed by atoms with Gasteiger partial charge in [0.2, 0.25) is 0 Å². The van der Waals surface area contributed by atoms with Crippen molar-refractivity contribution in [2.24, 2.45) is 0 Å². The Hall–Kier alpha value is -1.68. The number of carbonyl (C=O) groups is 2. The molecule has 1 amide bonds. The number of hydrogen-bond acceptors (Lipinski definition) is 3. The van der Waals surface area contributed by atoms with Crippen LogP contribution in [0.15, 0.2) is 24.3 Å². The number of rotatable bonds is 5. The smallest absolute Gasteiger partial charge is 0.251 e. The van der Waals surface area contributed by atoms with E-state index in [4.69, 9.17) is 0 Å². The van der Waals surface area contributed by atoms with E-state index in [-0.39, 0.29) is 11.4 Å². The fourth-order valence-electron chi connectivity index (χ4n) is 4.24. The van der Waals surface area contributed by atoms with Gasteiger partial charge in [-0.15, -0.1) is 0 Å².